The van der Waals surface area contributed by atoms with E-state index >= 15 is 0 Å². The molecule has 6 nitrogen and oxygen atoms in total. The van der Waals surface area contributed by atoms with Crippen molar-refractivity contribution in [1.82, 2.24) is 14.9 Å². The third-order valence-corrected chi connectivity index (χ3v) is 4.86. The number of nitrogens with one attached hydrogen (secondary N) is 2. The lowest BCUT2D eigenvalue weighted by Gasteiger charge is -2.28. The van der Waals surface area contributed by atoms with Gasteiger partial charge in [0, 0.05) is 31.2 Å². The molecule has 1 aliphatic carbocycles. The molecule has 1 aliphatic rings. The normalized spacial score (nSPS) is 19.9. The number of anilines is 1. The molecular weight excluding hydrogens is 328 g/mol. The smallest absolute Gasteiger partial charge is 0.319 e. The third kappa shape index (κ3) is 5.59. The van der Waals surface area contributed by atoms with E-state index in [1.165, 1.54) is 19.3 Å². The van der Waals surface area contributed by atoms with Gasteiger partial charge in [0.05, 0.1) is 19.0 Å². The molecule has 26 heavy (non-hydrogen) atoms. The van der Waals surface area contributed by atoms with Gasteiger partial charge in [-0.15, -0.1) is 0 Å². The number of ether oxygens (including phenoxy) is 1. The Kier molecular flexibility index (Phi) is 6.66. The van der Waals surface area contributed by atoms with E-state index in [1.807, 2.05) is 35.0 Å². The molecule has 2 N–H and O–H groups in total. The molecule has 140 valence electrons. The molecular formula is C20H28N4O2. The highest BCUT2D eigenvalue weighted by Crippen LogP contribution is 2.25. The monoisotopic (exact) mass is 356 g/mol. The van der Waals surface area contributed by atoms with Crippen molar-refractivity contribution in [1.29, 1.82) is 0 Å². The molecule has 1 saturated carbocycles. The van der Waals surface area contributed by atoms with E-state index in [2.05, 4.69) is 22.5 Å². The van der Waals surface area contributed by atoms with Gasteiger partial charge in [-0.2, -0.15) is 0 Å². The van der Waals surface area contributed by atoms with Gasteiger partial charge in [-0.3, -0.25) is 0 Å². The van der Waals surface area contributed by atoms with Gasteiger partial charge in [0.15, 0.2) is 0 Å². The van der Waals surface area contributed by atoms with Crippen LogP contribution in [0.2, 0.25) is 0 Å². The number of hydrogen-bond acceptors (Lipinski definition) is 3. The van der Waals surface area contributed by atoms with Crippen molar-refractivity contribution in [2.45, 2.75) is 45.3 Å². The van der Waals surface area contributed by atoms with Crippen LogP contribution < -0.4 is 10.6 Å². The predicted octanol–water partition coefficient (Wildman–Crippen LogP) is 3.65. The van der Waals surface area contributed by atoms with Crippen molar-refractivity contribution in [3.63, 3.8) is 0 Å². The number of carbonyl (C=O) groups excluding carboxylic acids is 1. The van der Waals surface area contributed by atoms with Crippen molar-refractivity contribution < 1.29 is 9.53 Å². The van der Waals surface area contributed by atoms with Crippen LogP contribution >= 0.6 is 0 Å². The van der Waals surface area contributed by atoms with Crippen LogP contribution in [-0.2, 0) is 11.3 Å². The van der Waals surface area contributed by atoms with Crippen molar-refractivity contribution >= 4 is 11.7 Å². The van der Waals surface area contributed by atoms with Gasteiger partial charge in [-0.05, 0) is 36.5 Å². The molecule has 0 unspecified atom stereocenters. The lowest BCUT2D eigenvalue weighted by molar-refractivity contribution is -0.00232. The fraction of sp³-hybridized carbons (Fsp3) is 0.500. The van der Waals surface area contributed by atoms with Gasteiger partial charge in [0.2, 0.25) is 0 Å². The maximum atomic E-state index is 12.1. The lowest BCUT2D eigenvalue weighted by Crippen LogP contribution is -2.34. The summed E-state index contributed by atoms with van der Waals surface area (Å²) in [5.41, 5.74) is 1.89. The van der Waals surface area contributed by atoms with Crippen LogP contribution in [0.4, 0.5) is 10.5 Å². The Morgan fingerprint density at radius 1 is 1.35 bits per heavy atom. The minimum Gasteiger partial charge on any atom is -0.376 e. The van der Waals surface area contributed by atoms with E-state index in [-0.39, 0.29) is 6.03 Å². The molecule has 1 aromatic heterocycles. The van der Waals surface area contributed by atoms with Crippen LogP contribution in [0, 0.1) is 5.92 Å². The molecule has 0 aliphatic heterocycles. The first-order chi connectivity index (χ1) is 12.7. The second-order valence-electron chi connectivity index (χ2n) is 6.99. The molecule has 6 heteroatoms. The van der Waals surface area contributed by atoms with Crippen LogP contribution in [0.5, 0.6) is 0 Å². The predicted molar refractivity (Wildman–Crippen MR) is 102 cm³/mol. The summed E-state index contributed by atoms with van der Waals surface area (Å²) in [4.78, 5) is 16.1. The van der Waals surface area contributed by atoms with Gasteiger partial charge >= 0.3 is 6.03 Å². The second kappa shape index (κ2) is 9.38. The van der Waals surface area contributed by atoms with Gasteiger partial charge in [0.1, 0.15) is 0 Å². The quantitative estimate of drug-likeness (QED) is 0.744. The fourth-order valence-corrected chi connectivity index (χ4v) is 3.42. The maximum absolute atomic E-state index is 12.1. The van der Waals surface area contributed by atoms with E-state index in [4.69, 9.17) is 4.74 Å². The largest absolute Gasteiger partial charge is 0.376 e. The van der Waals surface area contributed by atoms with E-state index in [1.54, 1.807) is 12.5 Å². The summed E-state index contributed by atoms with van der Waals surface area (Å²) in [6, 6.07) is 7.62. The van der Waals surface area contributed by atoms with Crippen LogP contribution in [0.3, 0.4) is 0 Å². The number of imidazole rings is 1. The fourth-order valence-electron chi connectivity index (χ4n) is 3.42. The number of rotatable bonds is 7. The molecule has 2 atom stereocenters. The number of carbonyl (C=O) groups is 1. The van der Waals surface area contributed by atoms with Crippen LogP contribution in [-0.4, -0.2) is 34.8 Å². The van der Waals surface area contributed by atoms with Crippen LogP contribution in [0.25, 0.3) is 0 Å². The van der Waals surface area contributed by atoms with Crippen molar-refractivity contribution in [2.75, 3.05) is 18.5 Å². The molecule has 3 rings (SSSR count). The molecule has 1 heterocycles. The van der Waals surface area contributed by atoms with E-state index < -0.39 is 0 Å². The topological polar surface area (TPSA) is 68.2 Å². The van der Waals surface area contributed by atoms with Crippen molar-refractivity contribution in [3.05, 3.63) is 48.5 Å². The summed E-state index contributed by atoms with van der Waals surface area (Å²) in [5, 5.41) is 5.74. The zero-order chi connectivity index (χ0) is 18.2. The van der Waals surface area contributed by atoms with E-state index in [0.717, 1.165) is 24.2 Å². The van der Waals surface area contributed by atoms with E-state index in [0.29, 0.717) is 25.2 Å². The summed E-state index contributed by atoms with van der Waals surface area (Å²) >= 11 is 0. The van der Waals surface area contributed by atoms with Gasteiger partial charge in [-0.25, -0.2) is 9.78 Å². The first-order valence-corrected chi connectivity index (χ1v) is 9.42. The Morgan fingerprint density at radius 2 is 2.23 bits per heavy atom. The summed E-state index contributed by atoms with van der Waals surface area (Å²) in [7, 11) is 0. The van der Waals surface area contributed by atoms with Crippen LogP contribution in [0.15, 0.2) is 43.0 Å². The van der Waals surface area contributed by atoms with Gasteiger partial charge < -0.3 is 19.9 Å². The number of amides is 2. The molecule has 1 aromatic carbocycles. The highest BCUT2D eigenvalue weighted by atomic mass is 16.5. The molecule has 0 saturated heterocycles. The minimum absolute atomic E-state index is 0.204. The molecule has 0 radical (unpaired) electrons. The minimum atomic E-state index is -0.204. The molecule has 0 bridgehead atoms. The standard InChI is InChI=1S/C20H28N4O2/c1-16-5-2-3-8-19(16)26-12-10-22-20(25)23-18-7-4-6-17(13-18)14-24-11-9-21-15-24/h4,6-7,9,11,13,15-16,19H,2-3,5,8,10,12,14H2,1H3,(H2,22,23,25)/t16-,19-/m0/s1. The number of nitrogens with zero attached hydrogens (tertiary/aromatic N) is 2. The molecule has 0 spiro atoms. The Hall–Kier alpha value is -2.34. The molecule has 2 amide bonds. The highest BCUT2D eigenvalue weighted by Gasteiger charge is 2.21. The average molecular weight is 356 g/mol. The number of urea groups is 1. The van der Waals surface area contributed by atoms with Crippen molar-refractivity contribution in [3.8, 4) is 0 Å². The summed E-state index contributed by atoms with van der Waals surface area (Å²) in [6.45, 7) is 4.05. The zero-order valence-electron chi connectivity index (χ0n) is 15.4. The Bertz CT molecular complexity index is 687. The Labute approximate surface area is 155 Å². The highest BCUT2D eigenvalue weighted by molar-refractivity contribution is 5.89. The van der Waals surface area contributed by atoms with Gasteiger partial charge in [0.25, 0.3) is 0 Å². The van der Waals surface area contributed by atoms with E-state index in [9.17, 15) is 4.79 Å². The number of aromatic nitrogens is 2. The Morgan fingerprint density at radius 3 is 3.04 bits per heavy atom. The van der Waals surface area contributed by atoms with Crippen LogP contribution in [0.1, 0.15) is 38.2 Å². The van der Waals surface area contributed by atoms with Gasteiger partial charge in [-0.1, -0.05) is 31.9 Å². The first-order valence-electron chi connectivity index (χ1n) is 9.42. The number of benzene rings is 1. The maximum Gasteiger partial charge on any atom is 0.319 e. The summed E-state index contributed by atoms with van der Waals surface area (Å²) < 4.78 is 7.91. The second-order valence-corrected chi connectivity index (χ2v) is 6.99. The molecule has 1 fully saturated rings. The third-order valence-electron chi connectivity index (χ3n) is 4.86. The van der Waals surface area contributed by atoms with Crippen molar-refractivity contribution in [2.24, 2.45) is 5.92 Å². The number of hydrogen-bond donors (Lipinski definition) is 2. The lowest BCUT2D eigenvalue weighted by atomic mass is 9.88. The zero-order valence-corrected chi connectivity index (χ0v) is 15.4. The first kappa shape index (κ1) is 18.5. The summed E-state index contributed by atoms with van der Waals surface area (Å²) in [5.74, 6) is 0.621. The SMILES string of the molecule is C[C@H]1CCCC[C@@H]1OCCNC(=O)Nc1cccc(Cn2ccnc2)c1. The Balaban J connectivity index is 1.39. The summed E-state index contributed by atoms with van der Waals surface area (Å²) in [6.07, 6.45) is 10.7. The average Bonchev–Trinajstić information content (AvgIpc) is 3.13. The molecule has 2 aromatic rings.